The molecular formula is C14H19N3S. The van der Waals surface area contributed by atoms with Gasteiger partial charge in [0.2, 0.25) is 0 Å². The minimum Gasteiger partial charge on any atom is -0.309 e. The molecule has 0 aliphatic heterocycles. The van der Waals surface area contributed by atoms with Crippen LogP contribution in [0.5, 0.6) is 0 Å². The minimum absolute atomic E-state index is 0.322. The molecule has 1 N–H and O–H groups in total. The number of benzene rings is 1. The van der Waals surface area contributed by atoms with Crippen LogP contribution in [0.2, 0.25) is 0 Å². The summed E-state index contributed by atoms with van der Waals surface area (Å²) in [6.45, 7) is 5.26. The van der Waals surface area contributed by atoms with Crippen molar-refractivity contribution in [2.24, 2.45) is 0 Å². The molecule has 1 aromatic heterocycles. The highest BCUT2D eigenvalue weighted by atomic mass is 32.1. The van der Waals surface area contributed by atoms with Crippen LogP contribution >= 0.6 is 11.5 Å². The highest BCUT2D eigenvalue weighted by Gasteiger charge is 2.13. The van der Waals surface area contributed by atoms with E-state index in [0.29, 0.717) is 6.04 Å². The molecular weight excluding hydrogens is 242 g/mol. The van der Waals surface area contributed by atoms with Crippen LogP contribution in [-0.2, 0) is 12.8 Å². The lowest BCUT2D eigenvalue weighted by molar-refractivity contribution is 0.557. The molecule has 2 aromatic rings. The summed E-state index contributed by atoms with van der Waals surface area (Å²) >= 11 is 1.47. The number of hydrogen-bond donors (Lipinski definition) is 1. The maximum atomic E-state index is 3.95. The van der Waals surface area contributed by atoms with Crippen LogP contribution in [0, 0.1) is 0 Å². The van der Waals surface area contributed by atoms with E-state index < -0.39 is 0 Å². The van der Waals surface area contributed by atoms with Crippen LogP contribution in [0.15, 0.2) is 30.5 Å². The summed E-state index contributed by atoms with van der Waals surface area (Å²) < 4.78 is 3.95. The van der Waals surface area contributed by atoms with E-state index in [1.165, 1.54) is 27.5 Å². The topological polar surface area (TPSA) is 37.8 Å². The molecule has 0 amide bonds. The summed E-state index contributed by atoms with van der Waals surface area (Å²) in [5, 5.41) is 7.42. The highest BCUT2D eigenvalue weighted by molar-refractivity contribution is 7.05. The molecule has 0 saturated heterocycles. The van der Waals surface area contributed by atoms with E-state index in [0.717, 1.165) is 19.4 Å². The Hall–Kier alpha value is -1.26. The fourth-order valence-corrected chi connectivity index (χ4v) is 2.57. The van der Waals surface area contributed by atoms with Gasteiger partial charge in [0.1, 0.15) is 0 Å². The van der Waals surface area contributed by atoms with Crippen molar-refractivity contribution in [1.82, 2.24) is 14.9 Å². The van der Waals surface area contributed by atoms with Crippen molar-refractivity contribution in [1.29, 1.82) is 0 Å². The van der Waals surface area contributed by atoms with Crippen LogP contribution in [-0.4, -0.2) is 16.1 Å². The third kappa shape index (κ3) is 3.37. The molecule has 18 heavy (non-hydrogen) atoms. The Balaban J connectivity index is 2.08. The van der Waals surface area contributed by atoms with Crippen LogP contribution < -0.4 is 5.32 Å². The lowest BCUT2D eigenvalue weighted by Crippen LogP contribution is -2.22. The van der Waals surface area contributed by atoms with Gasteiger partial charge >= 0.3 is 0 Å². The molecule has 0 saturated carbocycles. The average molecular weight is 261 g/mol. The van der Waals surface area contributed by atoms with Crippen LogP contribution in [0.1, 0.15) is 35.9 Å². The first-order chi connectivity index (χ1) is 8.83. The molecule has 1 aromatic carbocycles. The molecule has 0 bridgehead atoms. The van der Waals surface area contributed by atoms with Crippen molar-refractivity contribution in [3.63, 3.8) is 0 Å². The number of nitrogens with one attached hydrogen (secondary N) is 1. The van der Waals surface area contributed by atoms with Crippen molar-refractivity contribution in [3.8, 4) is 0 Å². The van der Waals surface area contributed by atoms with Gasteiger partial charge in [0.25, 0.3) is 0 Å². The van der Waals surface area contributed by atoms with Gasteiger partial charge in [-0.25, -0.2) is 0 Å². The number of rotatable bonds is 6. The van der Waals surface area contributed by atoms with Crippen molar-refractivity contribution in [2.45, 2.75) is 32.7 Å². The standard InChI is InChI=1S/C14H19N3S/c1-3-11-5-7-12(8-6-11)9-13(15-4-2)14-10-16-17-18-14/h5-8,10,13,15H,3-4,9H2,1-2H3. The lowest BCUT2D eigenvalue weighted by Gasteiger charge is -2.15. The van der Waals surface area contributed by atoms with Gasteiger partial charge in [-0.15, -0.1) is 5.10 Å². The zero-order valence-corrected chi connectivity index (χ0v) is 11.7. The van der Waals surface area contributed by atoms with Crippen molar-refractivity contribution in [3.05, 3.63) is 46.5 Å². The molecule has 0 spiro atoms. The molecule has 0 radical (unpaired) electrons. The zero-order valence-electron chi connectivity index (χ0n) is 10.9. The lowest BCUT2D eigenvalue weighted by atomic mass is 10.0. The molecule has 1 unspecified atom stereocenters. The van der Waals surface area contributed by atoms with Crippen molar-refractivity contribution >= 4 is 11.5 Å². The summed E-state index contributed by atoms with van der Waals surface area (Å²) in [4.78, 5) is 1.21. The second-order valence-electron chi connectivity index (χ2n) is 4.30. The van der Waals surface area contributed by atoms with E-state index in [1.807, 2.05) is 6.20 Å². The number of hydrogen-bond acceptors (Lipinski definition) is 4. The monoisotopic (exact) mass is 261 g/mol. The summed E-state index contributed by atoms with van der Waals surface area (Å²) in [5.74, 6) is 0. The summed E-state index contributed by atoms with van der Waals surface area (Å²) in [5.41, 5.74) is 2.74. The average Bonchev–Trinajstić information content (AvgIpc) is 2.93. The van der Waals surface area contributed by atoms with E-state index >= 15 is 0 Å². The Morgan fingerprint density at radius 2 is 1.89 bits per heavy atom. The highest BCUT2D eigenvalue weighted by Crippen LogP contribution is 2.20. The Labute approximate surface area is 112 Å². The molecule has 1 heterocycles. The van der Waals surface area contributed by atoms with Gasteiger partial charge in [-0.1, -0.05) is 42.6 Å². The van der Waals surface area contributed by atoms with Crippen molar-refractivity contribution < 1.29 is 0 Å². The van der Waals surface area contributed by atoms with Gasteiger partial charge in [-0.2, -0.15) is 0 Å². The van der Waals surface area contributed by atoms with Crippen molar-refractivity contribution in [2.75, 3.05) is 6.54 Å². The second kappa shape index (κ2) is 6.61. The molecule has 1 atom stereocenters. The summed E-state index contributed by atoms with van der Waals surface area (Å²) in [6.07, 6.45) is 3.94. The summed E-state index contributed by atoms with van der Waals surface area (Å²) in [6, 6.07) is 9.18. The summed E-state index contributed by atoms with van der Waals surface area (Å²) in [7, 11) is 0. The number of nitrogens with zero attached hydrogens (tertiary/aromatic N) is 2. The maximum absolute atomic E-state index is 3.95. The second-order valence-corrected chi connectivity index (χ2v) is 5.12. The quantitative estimate of drug-likeness (QED) is 0.868. The smallest absolute Gasteiger partial charge is 0.0669 e. The number of aromatic nitrogens is 2. The van der Waals surface area contributed by atoms with E-state index in [1.54, 1.807) is 0 Å². The fourth-order valence-electron chi connectivity index (χ4n) is 1.99. The SMILES string of the molecule is CCNC(Cc1ccc(CC)cc1)c1cnns1. The third-order valence-electron chi connectivity index (χ3n) is 3.04. The van der Waals surface area contributed by atoms with Gasteiger partial charge in [0.05, 0.1) is 11.1 Å². The first kappa shape index (κ1) is 13.2. The van der Waals surface area contributed by atoms with E-state index in [9.17, 15) is 0 Å². The van der Waals surface area contributed by atoms with Crippen LogP contribution in [0.25, 0.3) is 0 Å². The molecule has 0 aliphatic carbocycles. The van der Waals surface area contributed by atoms with E-state index in [2.05, 4.69) is 53.0 Å². The molecule has 4 heteroatoms. The first-order valence-corrected chi connectivity index (χ1v) is 7.19. The van der Waals surface area contributed by atoms with Crippen LogP contribution in [0.3, 0.4) is 0 Å². The third-order valence-corrected chi connectivity index (χ3v) is 3.82. The van der Waals surface area contributed by atoms with Gasteiger partial charge in [0.15, 0.2) is 0 Å². The Kier molecular flexibility index (Phi) is 4.84. The Morgan fingerprint density at radius 3 is 2.44 bits per heavy atom. The zero-order chi connectivity index (χ0) is 12.8. The maximum Gasteiger partial charge on any atom is 0.0669 e. The Morgan fingerprint density at radius 1 is 1.17 bits per heavy atom. The molecule has 96 valence electrons. The Bertz CT molecular complexity index is 450. The van der Waals surface area contributed by atoms with Gasteiger partial charge in [0, 0.05) is 6.04 Å². The predicted molar refractivity (Wildman–Crippen MR) is 75.9 cm³/mol. The fraction of sp³-hybridized carbons (Fsp3) is 0.429. The molecule has 0 fully saturated rings. The first-order valence-electron chi connectivity index (χ1n) is 6.42. The van der Waals surface area contributed by atoms with E-state index in [-0.39, 0.29) is 0 Å². The predicted octanol–water partition coefficient (Wildman–Crippen LogP) is 2.99. The van der Waals surface area contributed by atoms with E-state index in [4.69, 9.17) is 0 Å². The molecule has 3 nitrogen and oxygen atoms in total. The van der Waals surface area contributed by atoms with Gasteiger partial charge < -0.3 is 5.32 Å². The largest absolute Gasteiger partial charge is 0.309 e. The molecule has 2 rings (SSSR count). The van der Waals surface area contributed by atoms with Gasteiger partial charge in [-0.3, -0.25) is 0 Å². The van der Waals surface area contributed by atoms with Crippen LogP contribution in [0.4, 0.5) is 0 Å². The number of likely N-dealkylation sites (N-methyl/N-ethyl adjacent to an activating group) is 1. The number of aryl methyl sites for hydroxylation is 1. The van der Waals surface area contributed by atoms with Gasteiger partial charge in [-0.05, 0) is 42.0 Å². The molecule has 0 aliphatic rings. The minimum atomic E-state index is 0.322. The normalized spacial score (nSPS) is 12.6.